The summed E-state index contributed by atoms with van der Waals surface area (Å²) in [6, 6.07) is 13.1. The van der Waals surface area contributed by atoms with Gasteiger partial charge >= 0.3 is 0 Å². The minimum absolute atomic E-state index is 0.0643. The fourth-order valence-electron chi connectivity index (χ4n) is 3.43. The Morgan fingerprint density at radius 2 is 1.71 bits per heavy atom. The topological polar surface area (TPSA) is 38.1 Å². The van der Waals surface area contributed by atoms with E-state index in [-0.39, 0.29) is 5.91 Å². The summed E-state index contributed by atoms with van der Waals surface area (Å²) in [6.45, 7) is 1.95. The molecule has 2 aromatic carbocycles. The number of aromatic nitrogens is 2. The molecule has 0 bridgehead atoms. The highest BCUT2D eigenvalue weighted by atomic mass is 127. The molecule has 4 rings (SSSR count). The monoisotopic (exact) mass is 701 g/mol. The van der Waals surface area contributed by atoms with Crippen LogP contribution < -0.4 is 4.90 Å². The zero-order chi connectivity index (χ0) is 20.2. The number of anilines is 2. The van der Waals surface area contributed by atoms with Crippen LogP contribution in [0.1, 0.15) is 12.5 Å². The fourth-order valence-corrected chi connectivity index (χ4v) is 5.54. The second kappa shape index (κ2) is 7.72. The molecule has 2 heterocycles. The van der Waals surface area contributed by atoms with Gasteiger partial charge in [0, 0.05) is 20.9 Å². The number of benzene rings is 2. The van der Waals surface area contributed by atoms with Crippen LogP contribution in [0, 0.1) is 7.40 Å². The van der Waals surface area contributed by atoms with E-state index in [4.69, 9.17) is 23.2 Å². The maximum atomic E-state index is 13.7. The molecule has 28 heavy (non-hydrogen) atoms. The Labute approximate surface area is 208 Å². The van der Waals surface area contributed by atoms with Crippen LogP contribution >= 0.6 is 84.3 Å². The molecule has 0 saturated carbocycles. The van der Waals surface area contributed by atoms with E-state index in [1.165, 1.54) is 0 Å². The molecular weight excluding hydrogens is 691 g/mol. The van der Waals surface area contributed by atoms with Crippen LogP contribution in [0.3, 0.4) is 0 Å². The molecule has 4 nitrogen and oxygen atoms in total. The summed E-state index contributed by atoms with van der Waals surface area (Å²) < 4.78 is 4.79. The molecule has 1 aliphatic rings. The van der Waals surface area contributed by atoms with Gasteiger partial charge in [0.2, 0.25) is 5.95 Å². The van der Waals surface area contributed by atoms with Crippen molar-refractivity contribution < 1.29 is 4.79 Å². The van der Waals surface area contributed by atoms with Crippen molar-refractivity contribution in [2.45, 2.75) is 18.9 Å². The lowest BCUT2D eigenvalue weighted by molar-refractivity contribution is -0.124. The first-order valence-corrected chi connectivity index (χ1v) is 11.9. The highest BCUT2D eigenvalue weighted by Crippen LogP contribution is 2.44. The first kappa shape index (κ1) is 20.9. The van der Waals surface area contributed by atoms with Gasteiger partial charge in [0.15, 0.2) is 0 Å². The summed E-state index contributed by atoms with van der Waals surface area (Å²) in [4.78, 5) is 19.9. The van der Waals surface area contributed by atoms with Gasteiger partial charge < -0.3 is 0 Å². The van der Waals surface area contributed by atoms with Crippen molar-refractivity contribution in [3.05, 3.63) is 69.9 Å². The van der Waals surface area contributed by atoms with E-state index >= 15 is 0 Å². The van der Waals surface area contributed by atoms with Gasteiger partial charge in [-0.2, -0.15) is 0 Å². The van der Waals surface area contributed by atoms with Crippen molar-refractivity contribution >= 4 is 102 Å². The van der Waals surface area contributed by atoms with Crippen molar-refractivity contribution in [1.29, 1.82) is 0 Å². The Balaban J connectivity index is 1.87. The summed E-state index contributed by atoms with van der Waals surface area (Å²) in [5.41, 5.74) is 0.863. The van der Waals surface area contributed by atoms with Gasteiger partial charge in [-0.25, -0.2) is 9.88 Å². The van der Waals surface area contributed by atoms with Gasteiger partial charge in [0.1, 0.15) is 12.9 Å². The van der Waals surface area contributed by atoms with Crippen LogP contribution in [0.25, 0.3) is 0 Å². The average molecular weight is 703 g/mol. The van der Waals surface area contributed by atoms with E-state index in [9.17, 15) is 4.79 Å². The van der Waals surface area contributed by atoms with Crippen molar-refractivity contribution in [3.8, 4) is 0 Å². The van der Waals surface area contributed by atoms with E-state index in [0.29, 0.717) is 28.1 Å². The molecule has 0 fully saturated rings. The summed E-state index contributed by atoms with van der Waals surface area (Å²) in [7, 11) is 0. The average Bonchev–Trinajstić information content (AvgIpc) is 3.01. The Bertz CT molecular complexity index is 1080. The molecular formula is C19H12BrCl2I2N3O. The molecule has 144 valence electrons. The number of carbonyl (C=O) groups excluding carboxylic acids is 1. The number of rotatable bonds is 3. The molecule has 0 radical (unpaired) electrons. The highest BCUT2D eigenvalue weighted by molar-refractivity contribution is 14.1. The zero-order valence-electron chi connectivity index (χ0n) is 14.4. The van der Waals surface area contributed by atoms with E-state index in [2.05, 4.69) is 66.1 Å². The number of hydrogen-bond acceptors (Lipinski definition) is 2. The van der Waals surface area contributed by atoms with Gasteiger partial charge in [-0.3, -0.25) is 9.36 Å². The zero-order valence-corrected chi connectivity index (χ0v) is 21.8. The molecule has 0 aliphatic carbocycles. The summed E-state index contributed by atoms with van der Waals surface area (Å²) >= 11 is 20.3. The van der Waals surface area contributed by atoms with E-state index in [1.54, 1.807) is 23.1 Å². The molecule has 0 saturated heterocycles. The molecule has 3 aromatic rings. The lowest BCUT2D eigenvalue weighted by Crippen LogP contribution is -2.41. The highest BCUT2D eigenvalue weighted by Gasteiger charge is 2.50. The smallest absolute Gasteiger partial charge is 0.260 e. The van der Waals surface area contributed by atoms with Crippen LogP contribution in [-0.4, -0.2) is 15.5 Å². The van der Waals surface area contributed by atoms with Gasteiger partial charge in [-0.1, -0.05) is 51.3 Å². The normalized spacial score (nSPS) is 18.6. The predicted molar refractivity (Wildman–Crippen MR) is 133 cm³/mol. The SMILES string of the molecule is C[C@@]1(Cc2ccc(Br)cc2)C(=O)N(c2cc(Cl)cc(Cl)c2)c2nc(I)c(I)n21. The van der Waals surface area contributed by atoms with Gasteiger partial charge in [0.25, 0.3) is 5.91 Å². The van der Waals surface area contributed by atoms with Crippen molar-refractivity contribution in [2.75, 3.05) is 4.90 Å². The minimum atomic E-state index is -0.815. The molecule has 1 aliphatic heterocycles. The van der Waals surface area contributed by atoms with Gasteiger partial charge in [-0.05, 0) is 88.0 Å². The van der Waals surface area contributed by atoms with Crippen molar-refractivity contribution in [2.24, 2.45) is 0 Å². The third-order valence-electron chi connectivity index (χ3n) is 4.69. The number of nitrogens with zero attached hydrogens (tertiary/aromatic N) is 3. The standard InChI is InChI=1S/C19H12BrCl2I2N3O/c1-19(9-10-2-4-11(20)5-3-10)17(28)26(14-7-12(21)6-13(22)8-14)18-25-15(23)16(24)27(18)19/h2-8H,9H2,1H3/t19-/m1/s1. The summed E-state index contributed by atoms with van der Waals surface area (Å²) in [5.74, 6) is 0.516. The van der Waals surface area contributed by atoms with E-state index in [1.807, 2.05) is 35.8 Å². The Hall–Kier alpha value is -0.360. The Kier molecular flexibility index (Phi) is 5.76. The van der Waals surface area contributed by atoms with Crippen LogP contribution in [-0.2, 0) is 16.8 Å². The lowest BCUT2D eigenvalue weighted by Gasteiger charge is -2.26. The maximum absolute atomic E-state index is 13.7. The fraction of sp³-hybridized carbons (Fsp3) is 0.158. The predicted octanol–water partition coefficient (Wildman–Crippen LogP) is 6.80. The molecule has 1 atom stereocenters. The largest absolute Gasteiger partial charge is 0.288 e. The number of hydrogen-bond donors (Lipinski definition) is 0. The van der Waals surface area contributed by atoms with Crippen LogP contribution in [0.15, 0.2) is 46.9 Å². The van der Waals surface area contributed by atoms with E-state index < -0.39 is 5.54 Å². The third kappa shape index (κ3) is 3.51. The molecule has 9 heteroatoms. The molecule has 0 spiro atoms. The molecule has 1 aromatic heterocycles. The lowest BCUT2D eigenvalue weighted by atomic mass is 9.92. The number of carbonyl (C=O) groups is 1. The van der Waals surface area contributed by atoms with Crippen LogP contribution in [0.5, 0.6) is 0 Å². The van der Waals surface area contributed by atoms with Crippen molar-refractivity contribution in [1.82, 2.24) is 9.55 Å². The maximum Gasteiger partial charge on any atom is 0.260 e. The molecule has 0 N–H and O–H groups in total. The van der Waals surface area contributed by atoms with Crippen molar-refractivity contribution in [3.63, 3.8) is 0 Å². The number of imidazole rings is 1. The van der Waals surface area contributed by atoms with Gasteiger partial charge in [0.05, 0.1) is 5.69 Å². The van der Waals surface area contributed by atoms with Crippen LogP contribution in [0.2, 0.25) is 10.0 Å². The Morgan fingerprint density at radius 1 is 1.11 bits per heavy atom. The second-order valence-corrected chi connectivity index (χ2v) is 10.5. The first-order chi connectivity index (χ1) is 13.2. The quantitative estimate of drug-likeness (QED) is 0.282. The number of fused-ring (bicyclic) bond motifs is 1. The number of halogens is 5. The minimum Gasteiger partial charge on any atom is -0.288 e. The molecule has 1 amide bonds. The van der Waals surface area contributed by atoms with E-state index in [0.717, 1.165) is 17.4 Å². The number of amides is 1. The molecule has 0 unspecified atom stereocenters. The van der Waals surface area contributed by atoms with Gasteiger partial charge in [-0.15, -0.1) is 0 Å². The second-order valence-electron chi connectivity index (χ2n) is 6.67. The summed E-state index contributed by atoms with van der Waals surface area (Å²) in [5, 5.41) is 0.943. The first-order valence-electron chi connectivity index (χ1n) is 8.20. The summed E-state index contributed by atoms with van der Waals surface area (Å²) in [6.07, 6.45) is 0.541. The van der Waals surface area contributed by atoms with Crippen LogP contribution in [0.4, 0.5) is 11.6 Å². The Morgan fingerprint density at radius 3 is 2.32 bits per heavy atom. The third-order valence-corrected chi connectivity index (χ3v) is 8.43.